The van der Waals surface area contributed by atoms with E-state index in [2.05, 4.69) is 29.8 Å². The maximum atomic E-state index is 16.8. The van der Waals surface area contributed by atoms with Crippen molar-refractivity contribution in [2.75, 3.05) is 38.2 Å². The highest BCUT2D eigenvalue weighted by Crippen LogP contribution is 2.41. The third-order valence-corrected chi connectivity index (χ3v) is 10.1. The van der Waals surface area contributed by atoms with Gasteiger partial charge in [-0.3, -0.25) is 9.88 Å². The van der Waals surface area contributed by atoms with Gasteiger partial charge in [-0.05, 0) is 96.4 Å². The third kappa shape index (κ3) is 5.70. The first-order chi connectivity index (χ1) is 21.6. The van der Waals surface area contributed by atoms with Crippen LogP contribution in [-0.4, -0.2) is 87.9 Å². The summed E-state index contributed by atoms with van der Waals surface area (Å²) in [5.74, 6) is 0.499. The van der Waals surface area contributed by atoms with Crippen molar-refractivity contribution < 1.29 is 18.7 Å². The van der Waals surface area contributed by atoms with Crippen molar-refractivity contribution in [2.45, 2.75) is 102 Å². The highest BCUT2D eigenvalue weighted by molar-refractivity contribution is 5.92. The minimum absolute atomic E-state index is 0.0190. The van der Waals surface area contributed by atoms with Crippen LogP contribution < -0.4 is 9.64 Å². The summed E-state index contributed by atoms with van der Waals surface area (Å²) in [6, 6.07) is 6.57. The number of amides is 1. The Kier molecular flexibility index (Phi) is 7.82. The number of hydrogen-bond donors (Lipinski definition) is 0. The molecule has 2 aromatic heterocycles. The van der Waals surface area contributed by atoms with Crippen LogP contribution in [0.2, 0.25) is 0 Å². The van der Waals surface area contributed by atoms with Gasteiger partial charge in [-0.2, -0.15) is 9.97 Å². The Morgan fingerprint density at radius 2 is 1.84 bits per heavy atom. The second-order valence-corrected chi connectivity index (χ2v) is 14.4. The number of hydrogen-bond acceptors (Lipinski definition) is 8. The molecule has 10 heteroatoms. The van der Waals surface area contributed by atoms with Crippen LogP contribution in [0.1, 0.15) is 83.3 Å². The zero-order valence-electron chi connectivity index (χ0n) is 27.2. The first-order valence-electron chi connectivity index (χ1n) is 16.6. The number of fused-ring (bicyclic) bond motifs is 4. The lowest BCUT2D eigenvalue weighted by Crippen LogP contribution is -2.57. The summed E-state index contributed by atoms with van der Waals surface area (Å²) < 4.78 is 28.8. The van der Waals surface area contributed by atoms with Crippen molar-refractivity contribution in [3.05, 3.63) is 41.3 Å². The van der Waals surface area contributed by atoms with E-state index in [0.717, 1.165) is 57.1 Å². The fraction of sp³-hybridized carbons (Fsp3) is 0.600. The molecule has 0 radical (unpaired) electrons. The Morgan fingerprint density at radius 1 is 1.07 bits per heavy atom. The van der Waals surface area contributed by atoms with Crippen molar-refractivity contribution in [1.82, 2.24) is 24.8 Å². The van der Waals surface area contributed by atoms with E-state index in [4.69, 9.17) is 24.4 Å². The third-order valence-electron chi connectivity index (χ3n) is 10.1. The second kappa shape index (κ2) is 11.7. The van der Waals surface area contributed by atoms with E-state index in [-0.39, 0.29) is 35.7 Å². The quantitative estimate of drug-likeness (QED) is 0.329. The van der Waals surface area contributed by atoms with E-state index in [9.17, 15) is 4.79 Å². The van der Waals surface area contributed by atoms with Gasteiger partial charge in [0.05, 0.1) is 17.5 Å². The monoisotopic (exact) mass is 616 g/mol. The average molecular weight is 617 g/mol. The number of benzene rings is 1. The van der Waals surface area contributed by atoms with Crippen LogP contribution in [0.3, 0.4) is 0 Å². The molecule has 1 amide bonds. The highest BCUT2D eigenvalue weighted by atomic mass is 19.1. The van der Waals surface area contributed by atoms with Gasteiger partial charge >= 0.3 is 12.1 Å². The minimum Gasteiger partial charge on any atom is -0.462 e. The zero-order valence-corrected chi connectivity index (χ0v) is 27.2. The predicted molar refractivity (Wildman–Crippen MR) is 172 cm³/mol. The molecule has 3 fully saturated rings. The number of anilines is 1. The van der Waals surface area contributed by atoms with Crippen molar-refractivity contribution in [2.24, 2.45) is 0 Å². The maximum Gasteiger partial charge on any atom is 0.410 e. The summed E-state index contributed by atoms with van der Waals surface area (Å²) in [5, 5.41) is 0.560. The topological polar surface area (TPSA) is 83.9 Å². The number of nitrogens with zero attached hydrogens (tertiary/aromatic N) is 6. The van der Waals surface area contributed by atoms with Gasteiger partial charge in [-0.1, -0.05) is 25.1 Å². The maximum absolute atomic E-state index is 16.8. The van der Waals surface area contributed by atoms with Crippen LogP contribution in [-0.2, 0) is 11.2 Å². The van der Waals surface area contributed by atoms with Gasteiger partial charge in [0.25, 0.3) is 0 Å². The molecule has 4 atom stereocenters. The summed E-state index contributed by atoms with van der Waals surface area (Å²) in [5.41, 5.74) is 3.31. The molecule has 1 aliphatic carbocycles. The molecule has 45 heavy (non-hydrogen) atoms. The Labute approximate surface area is 265 Å². The fourth-order valence-corrected chi connectivity index (χ4v) is 7.93. The van der Waals surface area contributed by atoms with E-state index in [0.29, 0.717) is 42.5 Å². The van der Waals surface area contributed by atoms with Crippen molar-refractivity contribution in [3.8, 4) is 17.3 Å². The number of rotatable bonds is 5. The molecule has 9 nitrogen and oxygen atoms in total. The molecule has 3 aromatic rings. The first kappa shape index (κ1) is 30.1. The summed E-state index contributed by atoms with van der Waals surface area (Å²) in [4.78, 5) is 33.8. The molecule has 7 rings (SSSR count). The summed E-state index contributed by atoms with van der Waals surface area (Å²) in [6.07, 6.45) is 8.62. The molecule has 3 saturated heterocycles. The molecule has 1 aromatic carbocycles. The first-order valence-corrected chi connectivity index (χ1v) is 16.6. The summed E-state index contributed by atoms with van der Waals surface area (Å²) in [6.45, 7) is 10.5. The number of piperazine rings is 1. The lowest BCUT2D eigenvalue weighted by molar-refractivity contribution is 0.0122. The molecule has 3 aliphatic heterocycles. The molecule has 2 bridgehead atoms. The van der Waals surface area contributed by atoms with Gasteiger partial charge in [0.2, 0.25) is 0 Å². The zero-order chi connectivity index (χ0) is 31.5. The number of ether oxygens (including phenoxy) is 2. The van der Waals surface area contributed by atoms with Crippen LogP contribution in [0.5, 0.6) is 6.01 Å². The molecule has 5 heterocycles. The summed E-state index contributed by atoms with van der Waals surface area (Å²) in [7, 11) is 2.10. The van der Waals surface area contributed by atoms with Crippen LogP contribution in [0.25, 0.3) is 22.2 Å². The number of likely N-dealkylation sites (N-methyl/N-ethyl adjacent to an activating group) is 1. The van der Waals surface area contributed by atoms with Crippen molar-refractivity contribution in [1.29, 1.82) is 0 Å². The number of aryl methyl sites for hydroxylation is 1. The van der Waals surface area contributed by atoms with Gasteiger partial charge in [0.15, 0.2) is 5.82 Å². The summed E-state index contributed by atoms with van der Waals surface area (Å²) >= 11 is 0. The lowest BCUT2D eigenvalue weighted by atomic mass is 9.80. The lowest BCUT2D eigenvalue weighted by Gasteiger charge is -2.42. The molecule has 0 N–H and O–H groups in total. The van der Waals surface area contributed by atoms with E-state index >= 15 is 4.39 Å². The van der Waals surface area contributed by atoms with E-state index in [1.165, 1.54) is 11.1 Å². The van der Waals surface area contributed by atoms with E-state index in [1.807, 2.05) is 37.8 Å². The van der Waals surface area contributed by atoms with Gasteiger partial charge in [0, 0.05) is 30.9 Å². The van der Waals surface area contributed by atoms with Crippen LogP contribution in [0.15, 0.2) is 24.4 Å². The highest BCUT2D eigenvalue weighted by Gasteiger charge is 2.45. The number of carbonyl (C=O) groups excluding carboxylic acids is 1. The van der Waals surface area contributed by atoms with Crippen molar-refractivity contribution in [3.63, 3.8) is 0 Å². The number of aromatic nitrogens is 3. The van der Waals surface area contributed by atoms with E-state index in [1.54, 1.807) is 6.20 Å². The second-order valence-electron chi connectivity index (χ2n) is 14.4. The van der Waals surface area contributed by atoms with Crippen LogP contribution in [0.4, 0.5) is 15.0 Å². The van der Waals surface area contributed by atoms with Crippen LogP contribution in [0, 0.1) is 5.82 Å². The number of pyridine rings is 1. The number of likely N-dealkylation sites (tertiary alicyclic amines) is 1. The van der Waals surface area contributed by atoms with Crippen LogP contribution >= 0.6 is 0 Å². The molecular weight excluding hydrogens is 571 g/mol. The Morgan fingerprint density at radius 3 is 2.56 bits per heavy atom. The number of carbonyl (C=O) groups is 1. The molecule has 4 aliphatic rings. The average Bonchev–Trinajstić information content (AvgIpc) is 3.53. The van der Waals surface area contributed by atoms with E-state index < -0.39 is 11.4 Å². The molecular formula is C35H45FN6O3. The smallest absolute Gasteiger partial charge is 0.410 e. The molecule has 3 unspecified atom stereocenters. The largest absolute Gasteiger partial charge is 0.462 e. The van der Waals surface area contributed by atoms with Crippen molar-refractivity contribution >= 4 is 22.8 Å². The SMILES string of the molecule is CC1CCCc2cccc(-c3ncc4c(N5CC6CCC(C5)N6C(=O)OC(C)(C)C)nc(OC[C@@H]5CCCN5C)nc4c3F)c21. The molecule has 240 valence electrons. The molecule has 0 saturated carbocycles. The van der Waals surface area contributed by atoms with Gasteiger partial charge in [-0.15, -0.1) is 0 Å². The predicted octanol–water partition coefficient (Wildman–Crippen LogP) is 6.33. The normalized spacial score (nSPS) is 25.1. The Hall–Kier alpha value is -3.53. The number of halogens is 1. The molecule has 0 spiro atoms. The Bertz CT molecular complexity index is 1590. The Balaban J connectivity index is 1.27. The fourth-order valence-electron chi connectivity index (χ4n) is 7.93. The van der Waals surface area contributed by atoms with Gasteiger partial charge in [0.1, 0.15) is 29.2 Å². The van der Waals surface area contributed by atoms with Gasteiger partial charge < -0.3 is 19.3 Å². The minimum atomic E-state index is -0.563. The van der Waals surface area contributed by atoms with Gasteiger partial charge in [-0.25, -0.2) is 9.18 Å². The standard InChI is InChI=1S/C35H45FN6O3/c1-21-9-6-10-22-11-7-13-26(28(21)22)30-29(36)31-27(17-37-30)32(39-33(38-31)44-20-25-12-8-16-40(25)5)41-18-23-14-15-24(19-41)42(23)34(43)45-35(2,3)4/h7,11,13,17,21,23-25H,6,8-10,12,14-16,18-20H2,1-5H3/t21?,23?,24?,25-/m0/s1.